The van der Waals surface area contributed by atoms with Crippen molar-refractivity contribution in [3.05, 3.63) is 64.7 Å². The van der Waals surface area contributed by atoms with Crippen LogP contribution < -0.4 is 0 Å². The van der Waals surface area contributed by atoms with Crippen molar-refractivity contribution in [2.24, 2.45) is 0 Å². The molecule has 1 atom stereocenters. The van der Waals surface area contributed by atoms with Crippen molar-refractivity contribution < 1.29 is 13.2 Å². The van der Waals surface area contributed by atoms with Gasteiger partial charge >= 0.3 is 0 Å². The molecule has 174 valence electrons. The van der Waals surface area contributed by atoms with E-state index in [4.69, 9.17) is 5.10 Å². The Morgan fingerprint density at radius 2 is 1.85 bits per heavy atom. The SMILES string of the molecule is Cc1nn(C2CCS(=O)(=O)C2)c(C)c1CN(C)C(=O)c1cc(C2CC2)nn1-c1ccccc1. The predicted octanol–water partition coefficient (Wildman–Crippen LogP) is 3.19. The van der Waals surface area contributed by atoms with Crippen LogP contribution >= 0.6 is 0 Å². The fraction of sp³-hybridized carbons (Fsp3) is 0.458. The van der Waals surface area contributed by atoms with Gasteiger partial charge in [0.1, 0.15) is 5.69 Å². The first-order chi connectivity index (χ1) is 15.7. The van der Waals surface area contributed by atoms with Crippen molar-refractivity contribution in [2.45, 2.75) is 51.6 Å². The van der Waals surface area contributed by atoms with E-state index >= 15 is 0 Å². The highest BCUT2D eigenvalue weighted by Crippen LogP contribution is 2.40. The van der Waals surface area contributed by atoms with E-state index in [1.807, 2.05) is 54.9 Å². The third-order valence-electron chi connectivity index (χ3n) is 6.71. The lowest BCUT2D eigenvalue weighted by molar-refractivity contribution is 0.0775. The minimum absolute atomic E-state index is 0.103. The number of aryl methyl sites for hydroxylation is 1. The molecule has 1 unspecified atom stereocenters. The second-order valence-corrected chi connectivity index (χ2v) is 11.5. The molecule has 0 spiro atoms. The summed E-state index contributed by atoms with van der Waals surface area (Å²) in [5.41, 5.74) is 5.09. The van der Waals surface area contributed by atoms with Gasteiger partial charge in [-0.05, 0) is 51.3 Å². The van der Waals surface area contributed by atoms with Crippen LogP contribution in [0.1, 0.15) is 64.4 Å². The second-order valence-electron chi connectivity index (χ2n) is 9.29. The van der Waals surface area contributed by atoms with E-state index in [0.717, 1.165) is 41.2 Å². The van der Waals surface area contributed by atoms with Crippen LogP contribution in [-0.2, 0) is 16.4 Å². The third-order valence-corrected chi connectivity index (χ3v) is 8.47. The largest absolute Gasteiger partial charge is 0.336 e. The zero-order valence-corrected chi connectivity index (χ0v) is 20.0. The first-order valence-corrected chi connectivity index (χ1v) is 13.2. The molecule has 2 fully saturated rings. The van der Waals surface area contributed by atoms with E-state index in [1.165, 1.54) is 0 Å². The van der Waals surface area contributed by atoms with E-state index < -0.39 is 9.84 Å². The number of hydrogen-bond acceptors (Lipinski definition) is 5. The molecular formula is C24H29N5O3S. The number of amides is 1. The van der Waals surface area contributed by atoms with Crippen LogP contribution in [0.3, 0.4) is 0 Å². The number of sulfone groups is 1. The summed E-state index contributed by atoms with van der Waals surface area (Å²) in [6, 6.07) is 11.5. The second kappa shape index (κ2) is 8.13. The molecule has 1 aromatic carbocycles. The Morgan fingerprint density at radius 1 is 1.12 bits per heavy atom. The lowest BCUT2D eigenvalue weighted by Gasteiger charge is -2.19. The molecule has 33 heavy (non-hydrogen) atoms. The molecule has 1 saturated heterocycles. The zero-order chi connectivity index (χ0) is 23.3. The zero-order valence-electron chi connectivity index (χ0n) is 19.2. The number of carbonyl (C=O) groups excluding carboxylic acids is 1. The monoisotopic (exact) mass is 467 g/mol. The van der Waals surface area contributed by atoms with Gasteiger partial charge in [-0.3, -0.25) is 9.48 Å². The molecule has 1 aliphatic heterocycles. The summed E-state index contributed by atoms with van der Waals surface area (Å²) in [4.78, 5) is 15.2. The smallest absolute Gasteiger partial charge is 0.272 e. The maximum atomic E-state index is 13.5. The summed E-state index contributed by atoms with van der Waals surface area (Å²) in [5.74, 6) is 0.672. The molecule has 8 nitrogen and oxygen atoms in total. The standard InChI is InChI=1S/C24H29N5O3S/c1-16-21(17(2)28(25-16)20-11-12-33(31,32)15-20)14-27(3)24(30)23-13-22(18-9-10-18)26-29(23)19-7-5-4-6-8-19/h4-8,13,18,20H,9-12,14-15H2,1-3H3. The maximum absolute atomic E-state index is 13.5. The van der Waals surface area contributed by atoms with Crippen molar-refractivity contribution in [3.8, 4) is 5.69 Å². The average Bonchev–Trinajstić information content (AvgIpc) is 3.36. The Hall–Kier alpha value is -2.94. The van der Waals surface area contributed by atoms with E-state index in [2.05, 4.69) is 5.10 Å². The number of carbonyl (C=O) groups is 1. The fourth-order valence-electron chi connectivity index (χ4n) is 4.65. The van der Waals surface area contributed by atoms with Crippen molar-refractivity contribution in [1.82, 2.24) is 24.5 Å². The van der Waals surface area contributed by atoms with Gasteiger partial charge in [0.25, 0.3) is 5.91 Å². The Morgan fingerprint density at radius 3 is 2.48 bits per heavy atom. The molecule has 1 amide bonds. The van der Waals surface area contributed by atoms with Gasteiger partial charge < -0.3 is 4.90 Å². The molecule has 5 rings (SSSR count). The summed E-state index contributed by atoms with van der Waals surface area (Å²) in [6.07, 6.45) is 2.81. The minimum Gasteiger partial charge on any atom is -0.336 e. The molecule has 0 bridgehead atoms. The number of benzene rings is 1. The van der Waals surface area contributed by atoms with E-state index in [9.17, 15) is 13.2 Å². The van der Waals surface area contributed by atoms with Crippen molar-refractivity contribution >= 4 is 15.7 Å². The van der Waals surface area contributed by atoms with Crippen LogP contribution in [-0.4, -0.2) is 57.3 Å². The summed E-state index contributed by atoms with van der Waals surface area (Å²) < 4.78 is 27.5. The maximum Gasteiger partial charge on any atom is 0.272 e. The first-order valence-electron chi connectivity index (χ1n) is 11.4. The topological polar surface area (TPSA) is 90.1 Å². The number of hydrogen-bond donors (Lipinski definition) is 0. The molecule has 2 aliphatic rings. The number of nitrogens with zero attached hydrogens (tertiary/aromatic N) is 5. The van der Waals surface area contributed by atoms with Gasteiger partial charge in [-0.2, -0.15) is 10.2 Å². The summed E-state index contributed by atoms with van der Waals surface area (Å²) in [6.45, 7) is 4.27. The predicted molar refractivity (Wildman–Crippen MR) is 125 cm³/mol. The number of rotatable bonds is 6. The number of aromatic nitrogens is 4. The molecule has 9 heteroatoms. The van der Waals surface area contributed by atoms with Gasteiger partial charge in [0.15, 0.2) is 9.84 Å². The highest BCUT2D eigenvalue weighted by molar-refractivity contribution is 7.91. The Balaban J connectivity index is 1.41. The molecule has 2 aromatic heterocycles. The lowest BCUT2D eigenvalue weighted by atomic mass is 10.1. The molecule has 1 aliphatic carbocycles. The Kier molecular flexibility index (Phi) is 5.39. The van der Waals surface area contributed by atoms with E-state index in [0.29, 0.717) is 24.6 Å². The average molecular weight is 468 g/mol. The lowest BCUT2D eigenvalue weighted by Crippen LogP contribution is -2.28. The third kappa shape index (κ3) is 4.21. The minimum atomic E-state index is -3.00. The molecule has 3 aromatic rings. The quantitative estimate of drug-likeness (QED) is 0.555. The van der Waals surface area contributed by atoms with Gasteiger partial charge in [0.05, 0.1) is 34.6 Å². The van der Waals surface area contributed by atoms with E-state index in [1.54, 1.807) is 16.6 Å². The Labute approximate surface area is 194 Å². The molecule has 0 radical (unpaired) electrons. The van der Waals surface area contributed by atoms with Crippen LogP contribution in [0, 0.1) is 13.8 Å². The molecular weight excluding hydrogens is 438 g/mol. The van der Waals surface area contributed by atoms with Crippen molar-refractivity contribution in [2.75, 3.05) is 18.6 Å². The highest BCUT2D eigenvalue weighted by atomic mass is 32.2. The molecule has 1 saturated carbocycles. The van der Waals surface area contributed by atoms with Crippen LogP contribution in [0.15, 0.2) is 36.4 Å². The van der Waals surface area contributed by atoms with Crippen LogP contribution in [0.2, 0.25) is 0 Å². The van der Waals surface area contributed by atoms with Gasteiger partial charge in [0, 0.05) is 30.8 Å². The van der Waals surface area contributed by atoms with Crippen LogP contribution in [0.5, 0.6) is 0 Å². The highest BCUT2D eigenvalue weighted by Gasteiger charge is 2.33. The first kappa shape index (κ1) is 21.9. The van der Waals surface area contributed by atoms with Gasteiger partial charge in [-0.15, -0.1) is 0 Å². The van der Waals surface area contributed by atoms with E-state index in [-0.39, 0.29) is 23.5 Å². The van der Waals surface area contributed by atoms with Crippen LogP contribution in [0.4, 0.5) is 0 Å². The Bertz CT molecular complexity index is 1310. The van der Waals surface area contributed by atoms with Gasteiger partial charge in [-0.25, -0.2) is 13.1 Å². The summed E-state index contributed by atoms with van der Waals surface area (Å²) in [7, 11) is -1.21. The molecule has 0 N–H and O–H groups in total. The number of para-hydroxylation sites is 1. The van der Waals surface area contributed by atoms with Gasteiger partial charge in [0.2, 0.25) is 0 Å². The van der Waals surface area contributed by atoms with Gasteiger partial charge in [-0.1, -0.05) is 18.2 Å². The summed E-state index contributed by atoms with van der Waals surface area (Å²) >= 11 is 0. The van der Waals surface area contributed by atoms with Crippen molar-refractivity contribution in [1.29, 1.82) is 0 Å². The summed E-state index contributed by atoms with van der Waals surface area (Å²) in [5, 5.41) is 9.39. The fourth-order valence-corrected chi connectivity index (χ4v) is 6.34. The molecule has 3 heterocycles. The van der Waals surface area contributed by atoms with Crippen LogP contribution in [0.25, 0.3) is 5.69 Å². The van der Waals surface area contributed by atoms with Crippen molar-refractivity contribution in [3.63, 3.8) is 0 Å². The normalized spacial score (nSPS) is 19.7.